The first kappa shape index (κ1) is 13.5. The number of barbiturate groups is 1. The van der Waals surface area contributed by atoms with Crippen molar-refractivity contribution in [3.8, 4) is 0 Å². The van der Waals surface area contributed by atoms with Crippen LogP contribution in [0.2, 0.25) is 0 Å². The number of amides is 5. The highest BCUT2D eigenvalue weighted by Gasteiger charge is 2.54. The molecule has 2 rings (SSSR count). The van der Waals surface area contributed by atoms with Gasteiger partial charge in [-0.15, -0.1) is 0 Å². The van der Waals surface area contributed by atoms with Crippen molar-refractivity contribution in [2.45, 2.75) is 32.6 Å². The van der Waals surface area contributed by atoms with Crippen LogP contribution in [-0.4, -0.2) is 41.7 Å². The predicted molar refractivity (Wildman–Crippen MR) is 64.8 cm³/mol. The maximum atomic E-state index is 12.4. The van der Waals surface area contributed by atoms with Crippen LogP contribution in [0.25, 0.3) is 0 Å². The van der Waals surface area contributed by atoms with E-state index in [1.54, 1.807) is 0 Å². The third-order valence-corrected chi connectivity index (χ3v) is 3.72. The molecule has 1 heterocycles. The van der Waals surface area contributed by atoms with Crippen LogP contribution < -0.4 is 10.6 Å². The average Bonchev–Trinajstić information content (AvgIpc) is 2.82. The maximum absolute atomic E-state index is 12.4. The molecular weight excluding hydrogens is 250 g/mol. The van der Waals surface area contributed by atoms with Crippen molar-refractivity contribution in [2.24, 2.45) is 5.41 Å². The number of nitrogens with one attached hydrogen (secondary N) is 2. The number of rotatable bonds is 3. The Kier molecular flexibility index (Phi) is 3.55. The Morgan fingerprint density at radius 2 is 1.95 bits per heavy atom. The monoisotopic (exact) mass is 267 g/mol. The molecular formula is C12H17N3O4. The van der Waals surface area contributed by atoms with Gasteiger partial charge in [0.1, 0.15) is 5.41 Å². The van der Waals surface area contributed by atoms with Crippen LogP contribution in [0.15, 0.2) is 0 Å². The van der Waals surface area contributed by atoms with Gasteiger partial charge in [-0.1, -0.05) is 12.8 Å². The molecule has 0 radical (unpaired) electrons. The maximum Gasteiger partial charge on any atom is 0.330 e. The van der Waals surface area contributed by atoms with Crippen molar-refractivity contribution in [1.82, 2.24) is 15.5 Å². The van der Waals surface area contributed by atoms with Gasteiger partial charge in [-0.25, -0.2) is 4.79 Å². The Morgan fingerprint density at radius 1 is 1.32 bits per heavy atom. The van der Waals surface area contributed by atoms with E-state index in [0.717, 1.165) is 17.7 Å². The summed E-state index contributed by atoms with van der Waals surface area (Å²) in [5, 5.41) is 4.77. The molecule has 2 aliphatic rings. The first-order valence-corrected chi connectivity index (χ1v) is 6.39. The van der Waals surface area contributed by atoms with Crippen molar-refractivity contribution < 1.29 is 19.2 Å². The Bertz CT molecular complexity index is 440. The topological polar surface area (TPSA) is 95.6 Å². The van der Waals surface area contributed by atoms with Crippen LogP contribution in [0.5, 0.6) is 0 Å². The number of carbonyl (C=O) groups is 4. The third-order valence-electron chi connectivity index (χ3n) is 3.72. The second-order valence-corrected chi connectivity index (χ2v) is 4.99. The zero-order valence-electron chi connectivity index (χ0n) is 10.8. The molecule has 2 fully saturated rings. The van der Waals surface area contributed by atoms with Crippen molar-refractivity contribution in [1.29, 1.82) is 0 Å². The summed E-state index contributed by atoms with van der Waals surface area (Å²) < 4.78 is 0. The molecule has 1 aliphatic heterocycles. The summed E-state index contributed by atoms with van der Waals surface area (Å²) >= 11 is 0. The standard InChI is InChI=1S/C12H17N3O4/c1-8(16)13-6-7-15-10(18)12(4-2-3-5-12)9(17)14-11(15)19/h2-7H2,1H3,(H,13,16)(H,14,17,19). The van der Waals surface area contributed by atoms with E-state index in [1.807, 2.05) is 0 Å². The van der Waals surface area contributed by atoms with Crippen molar-refractivity contribution >= 4 is 23.8 Å². The molecule has 5 amide bonds. The summed E-state index contributed by atoms with van der Waals surface area (Å²) in [6.45, 7) is 1.64. The van der Waals surface area contributed by atoms with Gasteiger partial charge in [-0.2, -0.15) is 0 Å². The Morgan fingerprint density at radius 3 is 2.53 bits per heavy atom. The van der Waals surface area contributed by atoms with E-state index >= 15 is 0 Å². The van der Waals surface area contributed by atoms with Gasteiger partial charge in [0, 0.05) is 20.0 Å². The number of hydrogen-bond donors (Lipinski definition) is 2. The van der Waals surface area contributed by atoms with Gasteiger partial charge in [0.15, 0.2) is 0 Å². The van der Waals surface area contributed by atoms with Crippen LogP contribution in [0.3, 0.4) is 0 Å². The number of urea groups is 1. The van der Waals surface area contributed by atoms with E-state index in [2.05, 4.69) is 10.6 Å². The van der Waals surface area contributed by atoms with Crippen LogP contribution in [0.1, 0.15) is 32.6 Å². The summed E-state index contributed by atoms with van der Waals surface area (Å²) in [6, 6.07) is -0.696. The average molecular weight is 267 g/mol. The van der Waals surface area contributed by atoms with E-state index in [4.69, 9.17) is 0 Å². The zero-order chi connectivity index (χ0) is 14.0. The van der Waals surface area contributed by atoms with E-state index in [0.29, 0.717) is 12.8 Å². The summed E-state index contributed by atoms with van der Waals surface area (Å²) in [7, 11) is 0. The van der Waals surface area contributed by atoms with E-state index in [9.17, 15) is 19.2 Å². The van der Waals surface area contributed by atoms with E-state index in [-0.39, 0.29) is 19.0 Å². The quantitative estimate of drug-likeness (QED) is 0.690. The molecule has 104 valence electrons. The largest absolute Gasteiger partial charge is 0.355 e. The summed E-state index contributed by atoms with van der Waals surface area (Å²) in [5.74, 6) is -1.13. The van der Waals surface area contributed by atoms with Crippen LogP contribution in [0, 0.1) is 5.41 Å². The smallest absolute Gasteiger partial charge is 0.330 e. The fraction of sp³-hybridized carbons (Fsp3) is 0.667. The lowest BCUT2D eigenvalue weighted by Crippen LogP contribution is -2.63. The number of hydrogen-bond acceptors (Lipinski definition) is 4. The highest BCUT2D eigenvalue weighted by Crippen LogP contribution is 2.41. The minimum absolute atomic E-state index is 0.0826. The lowest BCUT2D eigenvalue weighted by Gasteiger charge is -2.36. The molecule has 1 saturated heterocycles. The molecule has 0 aromatic carbocycles. The summed E-state index contributed by atoms with van der Waals surface area (Å²) in [5.41, 5.74) is -1.07. The first-order valence-electron chi connectivity index (χ1n) is 6.39. The summed E-state index contributed by atoms with van der Waals surface area (Å²) in [6.07, 6.45) is 2.60. The van der Waals surface area contributed by atoms with Gasteiger partial charge in [0.25, 0.3) is 0 Å². The Balaban J connectivity index is 2.10. The molecule has 0 aromatic heterocycles. The molecule has 7 heteroatoms. The van der Waals surface area contributed by atoms with Gasteiger partial charge < -0.3 is 5.32 Å². The lowest BCUT2D eigenvalue weighted by molar-refractivity contribution is -0.151. The van der Waals surface area contributed by atoms with Gasteiger partial charge in [0.2, 0.25) is 17.7 Å². The van der Waals surface area contributed by atoms with Crippen LogP contribution >= 0.6 is 0 Å². The zero-order valence-corrected chi connectivity index (χ0v) is 10.8. The molecule has 7 nitrogen and oxygen atoms in total. The number of nitrogens with zero attached hydrogens (tertiary/aromatic N) is 1. The molecule has 19 heavy (non-hydrogen) atoms. The minimum Gasteiger partial charge on any atom is -0.355 e. The van der Waals surface area contributed by atoms with Crippen LogP contribution in [-0.2, 0) is 14.4 Å². The van der Waals surface area contributed by atoms with E-state index in [1.165, 1.54) is 6.92 Å². The Labute approximate surface area is 110 Å². The first-order chi connectivity index (χ1) is 8.97. The molecule has 1 aliphatic carbocycles. The fourth-order valence-corrected chi connectivity index (χ4v) is 2.70. The number of carbonyl (C=O) groups excluding carboxylic acids is 4. The number of imide groups is 2. The van der Waals surface area contributed by atoms with Gasteiger partial charge in [-0.3, -0.25) is 24.6 Å². The molecule has 1 saturated carbocycles. The highest BCUT2D eigenvalue weighted by atomic mass is 16.2. The van der Waals surface area contributed by atoms with Gasteiger partial charge in [0.05, 0.1) is 0 Å². The molecule has 1 spiro atoms. The van der Waals surface area contributed by atoms with Crippen molar-refractivity contribution in [3.05, 3.63) is 0 Å². The van der Waals surface area contributed by atoms with Crippen molar-refractivity contribution in [3.63, 3.8) is 0 Å². The Hall–Kier alpha value is -1.92. The van der Waals surface area contributed by atoms with Gasteiger partial charge in [-0.05, 0) is 12.8 Å². The minimum atomic E-state index is -1.07. The normalized spacial score (nSPS) is 21.7. The highest BCUT2D eigenvalue weighted by molar-refractivity contribution is 6.19. The molecule has 0 atom stereocenters. The molecule has 0 bridgehead atoms. The lowest BCUT2D eigenvalue weighted by atomic mass is 9.82. The van der Waals surface area contributed by atoms with E-state index < -0.39 is 23.3 Å². The fourth-order valence-electron chi connectivity index (χ4n) is 2.70. The molecule has 0 unspecified atom stereocenters. The van der Waals surface area contributed by atoms with Crippen molar-refractivity contribution in [2.75, 3.05) is 13.1 Å². The van der Waals surface area contributed by atoms with Gasteiger partial charge >= 0.3 is 6.03 Å². The summed E-state index contributed by atoms with van der Waals surface area (Å²) in [4.78, 5) is 47.8. The molecule has 0 aromatic rings. The second-order valence-electron chi connectivity index (χ2n) is 4.99. The second kappa shape index (κ2) is 4.99. The third kappa shape index (κ3) is 2.32. The van der Waals surface area contributed by atoms with Crippen LogP contribution in [0.4, 0.5) is 4.79 Å². The SMILES string of the molecule is CC(=O)NCCN1C(=O)NC(=O)C2(CCCC2)C1=O. The predicted octanol–water partition coefficient (Wildman–Crippen LogP) is -0.239. The molecule has 2 N–H and O–H groups in total.